The summed E-state index contributed by atoms with van der Waals surface area (Å²) in [5.74, 6) is -0.838. The number of halogens is 1. The van der Waals surface area contributed by atoms with Crippen molar-refractivity contribution in [1.82, 2.24) is 0 Å². The van der Waals surface area contributed by atoms with Crippen molar-refractivity contribution in [3.63, 3.8) is 0 Å². The van der Waals surface area contributed by atoms with Crippen molar-refractivity contribution in [1.29, 1.82) is 0 Å². The van der Waals surface area contributed by atoms with Gasteiger partial charge in [0.25, 0.3) is 0 Å². The van der Waals surface area contributed by atoms with Crippen molar-refractivity contribution in [3.8, 4) is 16.9 Å². The topological polar surface area (TPSA) is 46.5 Å². The van der Waals surface area contributed by atoms with Gasteiger partial charge in [-0.25, -0.2) is 4.39 Å². The van der Waals surface area contributed by atoms with Gasteiger partial charge in [-0.05, 0) is 34.9 Å². The van der Waals surface area contributed by atoms with Crippen LogP contribution in [0.3, 0.4) is 0 Å². The summed E-state index contributed by atoms with van der Waals surface area (Å²) >= 11 is 0. The standard InChI is InChI=1S/C21H17FO3/c22-18-11-16(12-21(23)24)10-17(13-18)19-8-4-5-9-20(19)25-14-15-6-2-1-3-7-15/h1-11,13H,12,14H2,(H,23,24). The average molecular weight is 336 g/mol. The van der Waals surface area contributed by atoms with E-state index in [1.165, 1.54) is 12.1 Å². The lowest BCUT2D eigenvalue weighted by atomic mass is 10.0. The van der Waals surface area contributed by atoms with Gasteiger partial charge < -0.3 is 9.84 Å². The van der Waals surface area contributed by atoms with Gasteiger partial charge in [0.2, 0.25) is 0 Å². The molecule has 3 nitrogen and oxygen atoms in total. The monoisotopic (exact) mass is 336 g/mol. The maximum absolute atomic E-state index is 13.9. The third-order valence-corrected chi connectivity index (χ3v) is 3.75. The first-order valence-corrected chi connectivity index (χ1v) is 7.89. The number of carboxylic acids is 1. The molecule has 0 aliphatic rings. The van der Waals surface area contributed by atoms with E-state index in [0.29, 0.717) is 23.5 Å². The zero-order valence-electron chi connectivity index (χ0n) is 13.5. The lowest BCUT2D eigenvalue weighted by Gasteiger charge is -2.13. The van der Waals surface area contributed by atoms with E-state index in [0.717, 1.165) is 11.1 Å². The van der Waals surface area contributed by atoms with Crippen LogP contribution in [0.25, 0.3) is 11.1 Å². The number of hydrogen-bond donors (Lipinski definition) is 1. The fraction of sp³-hybridized carbons (Fsp3) is 0.0952. The molecule has 25 heavy (non-hydrogen) atoms. The quantitative estimate of drug-likeness (QED) is 0.710. The normalized spacial score (nSPS) is 10.4. The van der Waals surface area contributed by atoms with Gasteiger partial charge >= 0.3 is 5.97 Å². The van der Waals surface area contributed by atoms with Crippen LogP contribution in [0.2, 0.25) is 0 Å². The van der Waals surface area contributed by atoms with Gasteiger partial charge in [-0.2, -0.15) is 0 Å². The van der Waals surface area contributed by atoms with Crippen molar-refractivity contribution in [2.45, 2.75) is 13.0 Å². The summed E-state index contributed by atoms with van der Waals surface area (Å²) in [7, 11) is 0. The second kappa shape index (κ2) is 7.62. The molecular formula is C21H17FO3. The van der Waals surface area contributed by atoms with Crippen molar-refractivity contribution in [2.24, 2.45) is 0 Å². The Kier molecular flexibility index (Phi) is 5.09. The Bertz CT molecular complexity index is 875. The minimum Gasteiger partial charge on any atom is -0.488 e. The predicted molar refractivity (Wildman–Crippen MR) is 93.9 cm³/mol. The Labute approximate surface area is 145 Å². The SMILES string of the molecule is O=C(O)Cc1cc(F)cc(-c2ccccc2OCc2ccccc2)c1. The van der Waals surface area contributed by atoms with Crippen LogP contribution in [0.1, 0.15) is 11.1 Å². The lowest BCUT2D eigenvalue weighted by Crippen LogP contribution is -2.01. The van der Waals surface area contributed by atoms with Crippen molar-refractivity contribution in [2.75, 3.05) is 0 Å². The molecule has 0 unspecified atom stereocenters. The van der Waals surface area contributed by atoms with Crippen LogP contribution < -0.4 is 4.74 Å². The molecule has 0 fully saturated rings. The highest BCUT2D eigenvalue weighted by atomic mass is 19.1. The Morgan fingerprint density at radius 3 is 2.40 bits per heavy atom. The van der Waals surface area contributed by atoms with Crippen LogP contribution in [0.15, 0.2) is 72.8 Å². The molecular weight excluding hydrogens is 319 g/mol. The van der Waals surface area contributed by atoms with E-state index in [1.54, 1.807) is 6.07 Å². The van der Waals surface area contributed by atoms with Crippen molar-refractivity contribution >= 4 is 5.97 Å². The summed E-state index contributed by atoms with van der Waals surface area (Å²) < 4.78 is 19.8. The van der Waals surface area contributed by atoms with E-state index >= 15 is 0 Å². The number of rotatable bonds is 6. The van der Waals surface area contributed by atoms with Crippen LogP contribution in [-0.2, 0) is 17.8 Å². The first kappa shape index (κ1) is 16.7. The highest BCUT2D eigenvalue weighted by Gasteiger charge is 2.10. The van der Waals surface area contributed by atoms with Crippen LogP contribution >= 0.6 is 0 Å². The molecule has 1 N–H and O–H groups in total. The zero-order valence-corrected chi connectivity index (χ0v) is 13.5. The summed E-state index contributed by atoms with van der Waals surface area (Å²) in [5.41, 5.74) is 2.77. The number of carbonyl (C=O) groups is 1. The van der Waals surface area contributed by atoms with E-state index in [4.69, 9.17) is 9.84 Å². The first-order chi connectivity index (χ1) is 12.1. The minimum atomic E-state index is -0.995. The van der Waals surface area contributed by atoms with E-state index in [2.05, 4.69) is 0 Å². The summed E-state index contributed by atoms with van der Waals surface area (Å²) in [4.78, 5) is 10.9. The Balaban J connectivity index is 1.90. The highest BCUT2D eigenvalue weighted by molar-refractivity contribution is 5.74. The second-order valence-corrected chi connectivity index (χ2v) is 5.69. The first-order valence-electron chi connectivity index (χ1n) is 7.89. The molecule has 3 rings (SSSR count). The highest BCUT2D eigenvalue weighted by Crippen LogP contribution is 2.31. The largest absolute Gasteiger partial charge is 0.488 e. The number of hydrogen-bond acceptors (Lipinski definition) is 2. The van der Waals surface area contributed by atoms with Gasteiger partial charge in [0, 0.05) is 5.56 Å². The Morgan fingerprint density at radius 2 is 1.64 bits per heavy atom. The van der Waals surface area contributed by atoms with Crippen molar-refractivity contribution in [3.05, 3.63) is 89.7 Å². The van der Waals surface area contributed by atoms with E-state index < -0.39 is 11.8 Å². The van der Waals surface area contributed by atoms with Crippen LogP contribution in [0.5, 0.6) is 5.75 Å². The van der Waals surface area contributed by atoms with Gasteiger partial charge in [-0.3, -0.25) is 4.79 Å². The number of aliphatic carboxylic acids is 1. The molecule has 0 aromatic heterocycles. The molecule has 3 aromatic carbocycles. The number of ether oxygens (including phenoxy) is 1. The maximum Gasteiger partial charge on any atom is 0.307 e. The molecule has 0 aliphatic carbocycles. The van der Waals surface area contributed by atoms with Gasteiger partial charge in [0.05, 0.1) is 6.42 Å². The van der Waals surface area contributed by atoms with Crippen molar-refractivity contribution < 1.29 is 19.0 Å². The molecule has 126 valence electrons. The third-order valence-electron chi connectivity index (χ3n) is 3.75. The third kappa shape index (κ3) is 4.44. The summed E-state index contributed by atoms with van der Waals surface area (Å²) in [6, 6.07) is 21.4. The summed E-state index contributed by atoms with van der Waals surface area (Å²) in [5, 5.41) is 8.94. The van der Waals surface area contributed by atoms with Gasteiger partial charge in [-0.15, -0.1) is 0 Å². The van der Waals surface area contributed by atoms with Gasteiger partial charge in [0.15, 0.2) is 0 Å². The van der Waals surface area contributed by atoms with Gasteiger partial charge in [-0.1, -0.05) is 54.6 Å². The number of benzene rings is 3. The molecule has 0 saturated heterocycles. The lowest BCUT2D eigenvalue weighted by molar-refractivity contribution is -0.136. The summed E-state index contributed by atoms with van der Waals surface area (Å²) in [6.07, 6.45) is -0.224. The molecule has 0 amide bonds. The fourth-order valence-electron chi connectivity index (χ4n) is 2.65. The van der Waals surface area contributed by atoms with E-state index in [-0.39, 0.29) is 6.42 Å². The molecule has 0 bridgehead atoms. The summed E-state index contributed by atoms with van der Waals surface area (Å²) in [6.45, 7) is 0.398. The zero-order chi connectivity index (χ0) is 17.6. The van der Waals surface area contributed by atoms with Crippen LogP contribution in [0.4, 0.5) is 4.39 Å². The minimum absolute atomic E-state index is 0.224. The molecule has 0 aliphatic heterocycles. The number of para-hydroxylation sites is 1. The van der Waals surface area contributed by atoms with Crippen LogP contribution in [0, 0.1) is 5.82 Å². The molecule has 0 saturated carbocycles. The fourth-order valence-corrected chi connectivity index (χ4v) is 2.65. The maximum atomic E-state index is 13.9. The molecule has 3 aromatic rings. The van der Waals surface area contributed by atoms with Gasteiger partial charge in [0.1, 0.15) is 18.2 Å². The smallest absolute Gasteiger partial charge is 0.307 e. The molecule has 0 heterocycles. The van der Waals surface area contributed by atoms with Crippen LogP contribution in [-0.4, -0.2) is 11.1 Å². The molecule has 0 atom stereocenters. The van der Waals surface area contributed by atoms with E-state index in [9.17, 15) is 9.18 Å². The van der Waals surface area contributed by atoms with E-state index in [1.807, 2.05) is 54.6 Å². The Morgan fingerprint density at radius 1 is 0.920 bits per heavy atom. The number of carboxylic acid groups (broad SMARTS) is 1. The average Bonchev–Trinajstić information content (AvgIpc) is 2.60. The molecule has 0 radical (unpaired) electrons. The Hall–Kier alpha value is -3.14. The predicted octanol–water partition coefficient (Wildman–Crippen LogP) is 4.70. The molecule has 4 heteroatoms. The molecule has 0 spiro atoms. The second-order valence-electron chi connectivity index (χ2n) is 5.69.